The van der Waals surface area contributed by atoms with Gasteiger partial charge in [-0.05, 0) is 38.4 Å². The lowest BCUT2D eigenvalue weighted by molar-refractivity contribution is -0.0654. The summed E-state index contributed by atoms with van der Waals surface area (Å²) in [5, 5.41) is 4.29. The maximum atomic E-state index is 6.31. The summed E-state index contributed by atoms with van der Waals surface area (Å²) in [6.45, 7) is 5.17. The van der Waals surface area contributed by atoms with Crippen molar-refractivity contribution in [2.45, 2.75) is 32.0 Å². The Morgan fingerprint density at radius 2 is 2.35 bits per heavy atom. The van der Waals surface area contributed by atoms with E-state index in [4.69, 9.17) is 17.0 Å². The van der Waals surface area contributed by atoms with Gasteiger partial charge in [-0.3, -0.25) is 0 Å². The van der Waals surface area contributed by atoms with E-state index in [0.717, 1.165) is 29.6 Å². The molecule has 0 saturated carbocycles. The highest BCUT2D eigenvalue weighted by Crippen LogP contribution is 2.44. The van der Waals surface area contributed by atoms with Gasteiger partial charge in [-0.15, -0.1) is 0 Å². The Morgan fingerprint density at radius 1 is 1.55 bits per heavy atom. The van der Waals surface area contributed by atoms with Crippen LogP contribution in [0.15, 0.2) is 18.2 Å². The Labute approximate surface area is 130 Å². The van der Waals surface area contributed by atoms with Gasteiger partial charge in [-0.1, -0.05) is 17.7 Å². The number of nitrogens with one attached hydrogen (secondary N) is 1. The first kappa shape index (κ1) is 14.0. The van der Waals surface area contributed by atoms with Crippen LogP contribution in [0.25, 0.3) is 0 Å². The van der Waals surface area contributed by atoms with Crippen LogP contribution in [-0.4, -0.2) is 34.3 Å². The second kappa shape index (κ2) is 5.11. The molecule has 3 nitrogen and oxygen atoms in total. The van der Waals surface area contributed by atoms with Crippen molar-refractivity contribution < 1.29 is 4.74 Å². The number of fused-ring (bicyclic) bond motifs is 4. The number of hydrogen-bond donors (Lipinski definition) is 1. The Morgan fingerprint density at radius 3 is 3.10 bits per heavy atom. The van der Waals surface area contributed by atoms with Crippen molar-refractivity contribution in [1.82, 2.24) is 10.2 Å². The van der Waals surface area contributed by atoms with Gasteiger partial charge < -0.3 is 15.0 Å². The van der Waals surface area contributed by atoms with E-state index in [1.807, 2.05) is 11.8 Å². The molecule has 5 heteroatoms. The quantitative estimate of drug-likeness (QED) is 0.865. The van der Waals surface area contributed by atoms with Crippen molar-refractivity contribution in [2.75, 3.05) is 18.6 Å². The second-order valence-corrected chi connectivity index (χ2v) is 7.04. The molecule has 1 fully saturated rings. The monoisotopic (exact) mass is 308 g/mol. The molecule has 0 amide bonds. The first-order valence-electron chi connectivity index (χ1n) is 6.90. The van der Waals surface area contributed by atoms with Crippen LogP contribution in [0.5, 0.6) is 5.75 Å². The van der Waals surface area contributed by atoms with E-state index in [2.05, 4.69) is 48.5 Å². The van der Waals surface area contributed by atoms with E-state index in [0.29, 0.717) is 0 Å². The number of aryl methyl sites for hydroxylation is 1. The number of thiocarbonyl (C=S) groups is 1. The SMILES string of the molecule is CSCCN1C(=S)NC2CC1(C)Oc1ccc(C)cc12. The molecule has 2 aliphatic heterocycles. The number of thioether (sulfide) groups is 1. The first-order chi connectivity index (χ1) is 9.53. The molecule has 20 heavy (non-hydrogen) atoms. The van der Waals surface area contributed by atoms with E-state index >= 15 is 0 Å². The van der Waals surface area contributed by atoms with Crippen LogP contribution in [0, 0.1) is 6.92 Å². The van der Waals surface area contributed by atoms with Crippen molar-refractivity contribution in [2.24, 2.45) is 0 Å². The molecule has 0 aromatic heterocycles. The van der Waals surface area contributed by atoms with Gasteiger partial charge in [0.15, 0.2) is 10.8 Å². The summed E-state index contributed by atoms with van der Waals surface area (Å²) in [6, 6.07) is 6.65. The van der Waals surface area contributed by atoms with Gasteiger partial charge in [0.25, 0.3) is 0 Å². The molecule has 108 valence electrons. The van der Waals surface area contributed by atoms with Gasteiger partial charge in [0.05, 0.1) is 6.04 Å². The third-order valence-corrected chi connectivity index (χ3v) is 5.02. The second-order valence-electron chi connectivity index (χ2n) is 5.67. The van der Waals surface area contributed by atoms with Crippen molar-refractivity contribution in [3.8, 4) is 5.75 Å². The van der Waals surface area contributed by atoms with E-state index in [1.165, 1.54) is 11.1 Å². The van der Waals surface area contributed by atoms with E-state index in [-0.39, 0.29) is 11.8 Å². The predicted octanol–water partition coefficient (Wildman–Crippen LogP) is 3.09. The summed E-state index contributed by atoms with van der Waals surface area (Å²) in [5.74, 6) is 2.03. The van der Waals surface area contributed by atoms with Crippen LogP contribution in [-0.2, 0) is 0 Å². The molecular formula is C15H20N2OS2. The minimum absolute atomic E-state index is 0.265. The zero-order chi connectivity index (χ0) is 14.3. The van der Waals surface area contributed by atoms with Crippen LogP contribution in [0.1, 0.15) is 30.5 Å². The standard InChI is InChI=1S/C15H20N2OS2/c1-10-4-5-13-11(8-10)12-9-15(2,18-13)17(6-7-20-3)14(19)16-12/h4-5,8,12H,6-7,9H2,1-3H3,(H,16,19). The Hall–Kier alpha value is -0.940. The average molecular weight is 308 g/mol. The third-order valence-electron chi connectivity index (χ3n) is 4.09. The third kappa shape index (κ3) is 2.27. The zero-order valence-corrected chi connectivity index (χ0v) is 13.7. The number of rotatable bonds is 3. The normalized spacial score (nSPS) is 27.6. The fourth-order valence-corrected chi connectivity index (χ4v) is 3.85. The van der Waals surface area contributed by atoms with Crippen LogP contribution >= 0.6 is 24.0 Å². The molecule has 2 atom stereocenters. The molecule has 0 aliphatic carbocycles. The van der Waals surface area contributed by atoms with E-state index in [9.17, 15) is 0 Å². The number of benzene rings is 1. The molecule has 0 spiro atoms. The Bertz CT molecular complexity index is 549. The summed E-state index contributed by atoms with van der Waals surface area (Å²) in [4.78, 5) is 2.19. The molecule has 0 radical (unpaired) electrons. The molecule has 2 unspecified atom stereocenters. The molecule has 1 N–H and O–H groups in total. The summed E-state index contributed by atoms with van der Waals surface area (Å²) in [7, 11) is 0. The minimum Gasteiger partial charge on any atom is -0.468 e. The summed E-state index contributed by atoms with van der Waals surface area (Å²) in [6.07, 6.45) is 3.04. The molecule has 3 rings (SSSR count). The molecule has 1 aromatic rings. The van der Waals surface area contributed by atoms with Gasteiger partial charge in [0.2, 0.25) is 0 Å². The van der Waals surface area contributed by atoms with Crippen molar-refractivity contribution in [3.63, 3.8) is 0 Å². The van der Waals surface area contributed by atoms with Gasteiger partial charge in [0.1, 0.15) is 5.75 Å². The zero-order valence-electron chi connectivity index (χ0n) is 12.1. The van der Waals surface area contributed by atoms with Crippen LogP contribution < -0.4 is 10.1 Å². The highest BCUT2D eigenvalue weighted by Gasteiger charge is 2.47. The molecule has 2 bridgehead atoms. The molecule has 1 saturated heterocycles. The number of ether oxygens (including phenoxy) is 1. The summed E-state index contributed by atoms with van der Waals surface area (Å²) in [5.41, 5.74) is 2.16. The van der Waals surface area contributed by atoms with Gasteiger partial charge in [0, 0.05) is 24.3 Å². The lowest BCUT2D eigenvalue weighted by Gasteiger charge is -2.52. The number of hydrogen-bond acceptors (Lipinski definition) is 3. The fraction of sp³-hybridized carbons (Fsp3) is 0.533. The van der Waals surface area contributed by atoms with Crippen LogP contribution in [0.2, 0.25) is 0 Å². The maximum absolute atomic E-state index is 6.31. The average Bonchev–Trinajstić information content (AvgIpc) is 2.39. The van der Waals surface area contributed by atoms with Crippen molar-refractivity contribution >= 4 is 29.1 Å². The van der Waals surface area contributed by atoms with Crippen molar-refractivity contribution in [1.29, 1.82) is 0 Å². The van der Waals surface area contributed by atoms with Crippen LogP contribution in [0.4, 0.5) is 0 Å². The molecule has 1 aromatic carbocycles. The largest absolute Gasteiger partial charge is 0.468 e. The van der Waals surface area contributed by atoms with Gasteiger partial charge >= 0.3 is 0 Å². The van der Waals surface area contributed by atoms with Crippen molar-refractivity contribution in [3.05, 3.63) is 29.3 Å². The Balaban J connectivity index is 1.96. The predicted molar refractivity (Wildman–Crippen MR) is 88.4 cm³/mol. The lowest BCUT2D eigenvalue weighted by atomic mass is 9.90. The number of nitrogens with zero attached hydrogens (tertiary/aromatic N) is 1. The lowest BCUT2D eigenvalue weighted by Crippen LogP contribution is -2.64. The van der Waals surface area contributed by atoms with E-state index in [1.54, 1.807) is 0 Å². The van der Waals surface area contributed by atoms with Gasteiger partial charge in [-0.2, -0.15) is 11.8 Å². The smallest absolute Gasteiger partial charge is 0.184 e. The Kier molecular flexibility index (Phi) is 3.58. The summed E-state index contributed by atoms with van der Waals surface area (Å²) >= 11 is 7.38. The highest BCUT2D eigenvalue weighted by atomic mass is 32.2. The molecular weight excluding hydrogens is 288 g/mol. The van der Waals surface area contributed by atoms with Crippen LogP contribution in [0.3, 0.4) is 0 Å². The van der Waals surface area contributed by atoms with E-state index < -0.39 is 0 Å². The fourth-order valence-electron chi connectivity index (χ4n) is 3.06. The highest BCUT2D eigenvalue weighted by molar-refractivity contribution is 7.98. The topological polar surface area (TPSA) is 24.5 Å². The first-order valence-corrected chi connectivity index (χ1v) is 8.70. The van der Waals surface area contributed by atoms with Gasteiger partial charge in [-0.25, -0.2) is 0 Å². The molecule has 2 aliphatic rings. The maximum Gasteiger partial charge on any atom is 0.184 e. The molecule has 2 heterocycles. The summed E-state index contributed by atoms with van der Waals surface area (Å²) < 4.78 is 6.31. The minimum atomic E-state index is -0.328.